The van der Waals surface area contributed by atoms with Crippen molar-refractivity contribution in [2.24, 2.45) is 5.92 Å². The highest BCUT2D eigenvalue weighted by molar-refractivity contribution is 6.31. The van der Waals surface area contributed by atoms with E-state index in [2.05, 4.69) is 5.32 Å². The first-order valence-electron chi connectivity index (χ1n) is 9.59. The summed E-state index contributed by atoms with van der Waals surface area (Å²) in [6, 6.07) is 14.8. The lowest BCUT2D eigenvalue weighted by molar-refractivity contribution is -0.133. The molecular weight excluding hydrogens is 376 g/mol. The number of carbonyl (C=O) groups excluding carboxylic acids is 2. The molecule has 1 fully saturated rings. The second-order valence-corrected chi connectivity index (χ2v) is 7.25. The monoisotopic (exact) mass is 400 g/mol. The number of nitrogens with zero attached hydrogens (tertiary/aromatic N) is 1. The summed E-state index contributed by atoms with van der Waals surface area (Å²) in [5, 5.41) is 3.64. The topological polar surface area (TPSA) is 58.6 Å². The van der Waals surface area contributed by atoms with Gasteiger partial charge in [-0.25, -0.2) is 0 Å². The Morgan fingerprint density at radius 2 is 1.89 bits per heavy atom. The van der Waals surface area contributed by atoms with Gasteiger partial charge in [0, 0.05) is 35.8 Å². The lowest BCUT2D eigenvalue weighted by Gasteiger charge is -2.18. The summed E-state index contributed by atoms with van der Waals surface area (Å²) in [7, 11) is 0. The molecule has 0 radical (unpaired) electrons. The third-order valence-corrected chi connectivity index (χ3v) is 5.36. The Morgan fingerprint density at radius 1 is 1.14 bits per heavy atom. The third-order valence-electron chi connectivity index (χ3n) is 5.01. The Bertz CT molecular complexity index is 851. The molecule has 0 aromatic heterocycles. The zero-order valence-corrected chi connectivity index (χ0v) is 16.9. The molecule has 1 aliphatic rings. The number of likely N-dealkylation sites (N-methyl/N-ethyl adjacent to an activating group) is 1. The maximum absolute atomic E-state index is 12.6. The van der Waals surface area contributed by atoms with Crippen molar-refractivity contribution in [3.8, 4) is 5.75 Å². The van der Waals surface area contributed by atoms with Gasteiger partial charge in [0.05, 0.1) is 0 Å². The molecule has 0 saturated heterocycles. The van der Waals surface area contributed by atoms with E-state index in [0.717, 1.165) is 12.0 Å². The van der Waals surface area contributed by atoms with Gasteiger partial charge < -0.3 is 15.0 Å². The molecule has 1 N–H and O–H groups in total. The van der Waals surface area contributed by atoms with E-state index in [1.165, 1.54) is 0 Å². The van der Waals surface area contributed by atoms with Gasteiger partial charge in [0.1, 0.15) is 5.75 Å². The molecule has 2 aromatic rings. The van der Waals surface area contributed by atoms with E-state index in [0.29, 0.717) is 29.5 Å². The van der Waals surface area contributed by atoms with Crippen LogP contribution in [0.25, 0.3) is 0 Å². The summed E-state index contributed by atoms with van der Waals surface area (Å²) in [5.41, 5.74) is 1.68. The summed E-state index contributed by atoms with van der Waals surface area (Å²) in [6.45, 7) is 5.17. The summed E-state index contributed by atoms with van der Waals surface area (Å²) in [4.78, 5) is 26.3. The number of ether oxygens (including phenoxy) is 1. The van der Waals surface area contributed by atoms with Crippen molar-refractivity contribution < 1.29 is 14.3 Å². The lowest BCUT2D eigenvalue weighted by atomic mass is 10.1. The van der Waals surface area contributed by atoms with Gasteiger partial charge in [0.25, 0.3) is 5.91 Å². The van der Waals surface area contributed by atoms with E-state index >= 15 is 0 Å². The first-order chi connectivity index (χ1) is 13.5. The van der Waals surface area contributed by atoms with Gasteiger partial charge in [-0.2, -0.15) is 0 Å². The van der Waals surface area contributed by atoms with Crippen LogP contribution in [0.1, 0.15) is 31.7 Å². The van der Waals surface area contributed by atoms with Crippen LogP contribution in [0.5, 0.6) is 5.75 Å². The molecule has 0 bridgehead atoms. The number of nitrogens with one attached hydrogen (secondary N) is 1. The largest absolute Gasteiger partial charge is 0.484 e. The van der Waals surface area contributed by atoms with Crippen LogP contribution < -0.4 is 10.1 Å². The number of rotatable bonds is 8. The molecule has 0 heterocycles. The van der Waals surface area contributed by atoms with Crippen LogP contribution >= 0.6 is 11.6 Å². The van der Waals surface area contributed by atoms with E-state index < -0.39 is 0 Å². The third kappa shape index (κ3) is 4.84. The van der Waals surface area contributed by atoms with E-state index in [1.807, 2.05) is 44.2 Å². The maximum Gasteiger partial charge on any atom is 0.260 e. The molecule has 1 aliphatic carbocycles. The van der Waals surface area contributed by atoms with E-state index in [-0.39, 0.29) is 30.3 Å². The number of anilines is 1. The maximum atomic E-state index is 12.6. The summed E-state index contributed by atoms with van der Waals surface area (Å²) >= 11 is 6.23. The van der Waals surface area contributed by atoms with Crippen molar-refractivity contribution in [1.29, 1.82) is 0 Å². The fourth-order valence-corrected chi connectivity index (χ4v) is 3.59. The van der Waals surface area contributed by atoms with Crippen LogP contribution in [0.3, 0.4) is 0 Å². The fraction of sp³-hybridized carbons (Fsp3) is 0.364. The van der Waals surface area contributed by atoms with Gasteiger partial charge in [-0.05, 0) is 49.9 Å². The minimum atomic E-state index is -0.0753. The molecule has 0 aliphatic heterocycles. The Morgan fingerprint density at radius 3 is 2.61 bits per heavy atom. The predicted octanol–water partition coefficient (Wildman–Crippen LogP) is 4.33. The van der Waals surface area contributed by atoms with Crippen LogP contribution in [0.2, 0.25) is 5.02 Å². The number of amides is 2. The highest BCUT2D eigenvalue weighted by Crippen LogP contribution is 2.50. The number of halogens is 1. The molecule has 6 heteroatoms. The van der Waals surface area contributed by atoms with Crippen molar-refractivity contribution >= 4 is 29.1 Å². The summed E-state index contributed by atoms with van der Waals surface area (Å²) in [5.74, 6) is 0.562. The number of benzene rings is 2. The zero-order valence-electron chi connectivity index (χ0n) is 16.2. The van der Waals surface area contributed by atoms with Gasteiger partial charge in [-0.3, -0.25) is 9.59 Å². The molecule has 148 valence electrons. The molecule has 2 amide bonds. The van der Waals surface area contributed by atoms with E-state index in [9.17, 15) is 9.59 Å². The average Bonchev–Trinajstić information content (AvgIpc) is 3.49. The lowest BCUT2D eigenvalue weighted by Crippen LogP contribution is -2.34. The first-order valence-corrected chi connectivity index (χ1v) is 9.97. The molecule has 2 atom stereocenters. The standard InChI is InChI=1S/C22H25ClN2O3/c1-3-25(4-2)21(26)14-28-16-9-7-8-15(12-16)24-22(27)19-13-18(19)17-10-5-6-11-20(17)23/h5-12,18-19H,3-4,13-14H2,1-2H3,(H,24,27). The molecule has 2 aromatic carbocycles. The molecule has 5 nitrogen and oxygen atoms in total. The van der Waals surface area contributed by atoms with Gasteiger partial charge >= 0.3 is 0 Å². The molecule has 1 saturated carbocycles. The van der Waals surface area contributed by atoms with Gasteiger partial charge in [0.2, 0.25) is 5.91 Å². The minimum Gasteiger partial charge on any atom is -0.484 e. The second-order valence-electron chi connectivity index (χ2n) is 6.84. The highest BCUT2D eigenvalue weighted by atomic mass is 35.5. The van der Waals surface area contributed by atoms with Crippen LogP contribution in [0.15, 0.2) is 48.5 Å². The Balaban J connectivity index is 1.56. The zero-order chi connectivity index (χ0) is 20.1. The molecule has 2 unspecified atom stereocenters. The van der Waals surface area contributed by atoms with Crippen molar-refractivity contribution in [3.63, 3.8) is 0 Å². The van der Waals surface area contributed by atoms with Crippen molar-refractivity contribution in [3.05, 3.63) is 59.1 Å². The molecular formula is C22H25ClN2O3. The number of hydrogen-bond acceptors (Lipinski definition) is 3. The molecule has 3 rings (SSSR count). The SMILES string of the molecule is CCN(CC)C(=O)COc1cccc(NC(=O)C2CC2c2ccccc2Cl)c1. The summed E-state index contributed by atoms with van der Waals surface area (Å²) < 4.78 is 5.60. The smallest absolute Gasteiger partial charge is 0.260 e. The quantitative estimate of drug-likeness (QED) is 0.717. The first kappa shape index (κ1) is 20.2. The van der Waals surface area contributed by atoms with Crippen molar-refractivity contribution in [2.75, 3.05) is 25.0 Å². The van der Waals surface area contributed by atoms with Crippen LogP contribution in [0, 0.1) is 5.92 Å². The van der Waals surface area contributed by atoms with Crippen LogP contribution in [-0.2, 0) is 9.59 Å². The molecule has 28 heavy (non-hydrogen) atoms. The number of carbonyl (C=O) groups is 2. The fourth-order valence-electron chi connectivity index (χ4n) is 3.32. The predicted molar refractivity (Wildman–Crippen MR) is 111 cm³/mol. The van der Waals surface area contributed by atoms with Gasteiger partial charge in [-0.15, -0.1) is 0 Å². The Kier molecular flexibility index (Phi) is 6.57. The minimum absolute atomic E-state index is 0.0176. The van der Waals surface area contributed by atoms with Crippen LogP contribution in [-0.4, -0.2) is 36.4 Å². The molecule has 0 spiro atoms. The Hall–Kier alpha value is -2.53. The highest BCUT2D eigenvalue weighted by Gasteiger charge is 2.44. The van der Waals surface area contributed by atoms with Gasteiger partial charge in [-0.1, -0.05) is 35.9 Å². The van der Waals surface area contributed by atoms with Gasteiger partial charge in [0.15, 0.2) is 6.61 Å². The van der Waals surface area contributed by atoms with Crippen molar-refractivity contribution in [2.45, 2.75) is 26.2 Å². The van der Waals surface area contributed by atoms with E-state index in [4.69, 9.17) is 16.3 Å². The number of hydrogen-bond donors (Lipinski definition) is 1. The normalized spacial score (nSPS) is 17.7. The Labute approximate surface area is 170 Å². The van der Waals surface area contributed by atoms with Crippen LogP contribution in [0.4, 0.5) is 5.69 Å². The average molecular weight is 401 g/mol. The van der Waals surface area contributed by atoms with E-state index in [1.54, 1.807) is 23.1 Å². The summed E-state index contributed by atoms with van der Waals surface area (Å²) in [6.07, 6.45) is 0.796. The second kappa shape index (κ2) is 9.11. The van der Waals surface area contributed by atoms with Crippen molar-refractivity contribution in [1.82, 2.24) is 4.90 Å².